The Morgan fingerprint density at radius 1 is 1.21 bits per heavy atom. The third kappa shape index (κ3) is 1.57. The van der Waals surface area contributed by atoms with Gasteiger partial charge in [-0.1, -0.05) is 6.07 Å². The van der Waals surface area contributed by atoms with E-state index < -0.39 is 0 Å². The van der Waals surface area contributed by atoms with Gasteiger partial charge in [0.1, 0.15) is 0 Å². The SMILES string of the molecule is Cc1cccc(-c2cnccc2N)n1. The molecule has 2 heterocycles. The van der Waals surface area contributed by atoms with Gasteiger partial charge in [0.15, 0.2) is 0 Å². The second-order valence-electron chi connectivity index (χ2n) is 3.13. The van der Waals surface area contributed by atoms with Crippen molar-refractivity contribution in [2.45, 2.75) is 6.92 Å². The molecule has 3 heteroatoms. The minimum Gasteiger partial charge on any atom is -0.398 e. The summed E-state index contributed by atoms with van der Waals surface area (Å²) in [7, 11) is 0. The summed E-state index contributed by atoms with van der Waals surface area (Å²) >= 11 is 0. The molecular formula is C11H11N3. The Morgan fingerprint density at radius 2 is 2.07 bits per heavy atom. The molecule has 0 aliphatic heterocycles. The fourth-order valence-corrected chi connectivity index (χ4v) is 1.31. The summed E-state index contributed by atoms with van der Waals surface area (Å²) in [6, 6.07) is 7.62. The number of nitrogens with zero attached hydrogens (tertiary/aromatic N) is 2. The molecule has 70 valence electrons. The maximum Gasteiger partial charge on any atom is 0.0741 e. The molecular weight excluding hydrogens is 174 g/mol. The molecule has 0 amide bonds. The van der Waals surface area contributed by atoms with Gasteiger partial charge in [0.25, 0.3) is 0 Å². The zero-order chi connectivity index (χ0) is 9.97. The number of anilines is 1. The Hall–Kier alpha value is -1.90. The lowest BCUT2D eigenvalue weighted by atomic mass is 10.1. The fourth-order valence-electron chi connectivity index (χ4n) is 1.31. The van der Waals surface area contributed by atoms with Gasteiger partial charge in [-0.3, -0.25) is 9.97 Å². The maximum atomic E-state index is 5.82. The van der Waals surface area contributed by atoms with E-state index in [4.69, 9.17) is 5.73 Å². The van der Waals surface area contributed by atoms with Gasteiger partial charge >= 0.3 is 0 Å². The Kier molecular flexibility index (Phi) is 2.14. The van der Waals surface area contributed by atoms with Crippen LogP contribution in [0.25, 0.3) is 11.3 Å². The van der Waals surface area contributed by atoms with Gasteiger partial charge in [-0.05, 0) is 25.1 Å². The highest BCUT2D eigenvalue weighted by molar-refractivity contribution is 5.72. The van der Waals surface area contributed by atoms with E-state index in [-0.39, 0.29) is 0 Å². The molecule has 2 N–H and O–H groups in total. The van der Waals surface area contributed by atoms with E-state index in [2.05, 4.69) is 9.97 Å². The van der Waals surface area contributed by atoms with Gasteiger partial charge in [0.05, 0.1) is 5.69 Å². The van der Waals surface area contributed by atoms with Crippen LogP contribution in [0.3, 0.4) is 0 Å². The highest BCUT2D eigenvalue weighted by Crippen LogP contribution is 2.22. The molecule has 0 atom stereocenters. The molecule has 0 aromatic carbocycles. The predicted octanol–water partition coefficient (Wildman–Crippen LogP) is 2.03. The maximum absolute atomic E-state index is 5.82. The molecule has 0 unspecified atom stereocenters. The van der Waals surface area contributed by atoms with E-state index in [1.54, 1.807) is 18.5 Å². The summed E-state index contributed by atoms with van der Waals surface area (Å²) in [4.78, 5) is 8.42. The minimum atomic E-state index is 0.707. The number of nitrogens with two attached hydrogens (primary N) is 1. The van der Waals surface area contributed by atoms with Crippen molar-refractivity contribution in [3.8, 4) is 11.3 Å². The molecule has 14 heavy (non-hydrogen) atoms. The van der Waals surface area contributed by atoms with E-state index in [1.165, 1.54) is 0 Å². The van der Waals surface area contributed by atoms with Crippen LogP contribution >= 0.6 is 0 Å². The fraction of sp³-hybridized carbons (Fsp3) is 0.0909. The van der Waals surface area contributed by atoms with Crippen LogP contribution < -0.4 is 5.73 Å². The number of hydrogen-bond acceptors (Lipinski definition) is 3. The van der Waals surface area contributed by atoms with Crippen molar-refractivity contribution < 1.29 is 0 Å². The molecule has 2 aromatic rings. The van der Waals surface area contributed by atoms with E-state index in [9.17, 15) is 0 Å². The highest BCUT2D eigenvalue weighted by Gasteiger charge is 2.02. The van der Waals surface area contributed by atoms with Crippen LogP contribution in [0.5, 0.6) is 0 Å². The molecule has 2 rings (SSSR count). The first-order chi connectivity index (χ1) is 6.77. The van der Waals surface area contributed by atoms with E-state index in [0.29, 0.717) is 5.69 Å². The number of hydrogen-bond donors (Lipinski definition) is 1. The minimum absolute atomic E-state index is 0.707. The largest absolute Gasteiger partial charge is 0.398 e. The van der Waals surface area contributed by atoms with Gasteiger partial charge in [-0.25, -0.2) is 0 Å². The quantitative estimate of drug-likeness (QED) is 0.739. The van der Waals surface area contributed by atoms with Crippen molar-refractivity contribution >= 4 is 5.69 Å². The van der Waals surface area contributed by atoms with E-state index in [0.717, 1.165) is 17.0 Å². The Labute approximate surface area is 82.6 Å². The molecule has 0 saturated carbocycles. The Morgan fingerprint density at radius 3 is 2.79 bits per heavy atom. The summed E-state index contributed by atoms with van der Waals surface area (Å²) in [5.41, 5.74) is 9.26. The molecule has 0 spiro atoms. The van der Waals surface area contributed by atoms with Gasteiger partial charge in [-0.15, -0.1) is 0 Å². The van der Waals surface area contributed by atoms with Crippen molar-refractivity contribution in [3.63, 3.8) is 0 Å². The lowest BCUT2D eigenvalue weighted by Crippen LogP contribution is -1.93. The van der Waals surface area contributed by atoms with Gasteiger partial charge < -0.3 is 5.73 Å². The number of nitrogen functional groups attached to an aromatic ring is 1. The van der Waals surface area contributed by atoms with Crippen molar-refractivity contribution in [1.29, 1.82) is 0 Å². The highest BCUT2D eigenvalue weighted by atomic mass is 14.7. The Balaban J connectivity index is 2.55. The second kappa shape index (κ2) is 3.46. The van der Waals surface area contributed by atoms with Crippen LogP contribution in [0.15, 0.2) is 36.7 Å². The van der Waals surface area contributed by atoms with Crippen LogP contribution in [-0.4, -0.2) is 9.97 Å². The second-order valence-corrected chi connectivity index (χ2v) is 3.13. The molecule has 0 fully saturated rings. The molecule has 0 bridgehead atoms. The zero-order valence-corrected chi connectivity index (χ0v) is 7.94. The summed E-state index contributed by atoms with van der Waals surface area (Å²) in [6.45, 7) is 1.95. The Bertz CT molecular complexity index is 452. The number of pyridine rings is 2. The van der Waals surface area contributed by atoms with Gasteiger partial charge in [0.2, 0.25) is 0 Å². The monoisotopic (exact) mass is 185 g/mol. The normalized spacial score (nSPS) is 10.1. The third-order valence-corrected chi connectivity index (χ3v) is 2.02. The average Bonchev–Trinajstić information content (AvgIpc) is 2.18. The number of aryl methyl sites for hydroxylation is 1. The number of rotatable bonds is 1. The van der Waals surface area contributed by atoms with E-state index in [1.807, 2.05) is 25.1 Å². The smallest absolute Gasteiger partial charge is 0.0741 e. The summed E-state index contributed by atoms with van der Waals surface area (Å²) in [5, 5.41) is 0. The summed E-state index contributed by atoms with van der Waals surface area (Å²) < 4.78 is 0. The predicted molar refractivity (Wildman–Crippen MR) is 56.6 cm³/mol. The molecule has 3 nitrogen and oxygen atoms in total. The van der Waals surface area contributed by atoms with Crippen LogP contribution in [0.4, 0.5) is 5.69 Å². The first-order valence-corrected chi connectivity index (χ1v) is 4.41. The number of aromatic nitrogens is 2. The van der Waals surface area contributed by atoms with Gasteiger partial charge in [0, 0.05) is 29.3 Å². The lowest BCUT2D eigenvalue weighted by molar-refractivity contribution is 1.20. The van der Waals surface area contributed by atoms with Crippen molar-refractivity contribution in [3.05, 3.63) is 42.4 Å². The van der Waals surface area contributed by atoms with Crippen molar-refractivity contribution in [2.24, 2.45) is 0 Å². The molecule has 0 saturated heterocycles. The zero-order valence-electron chi connectivity index (χ0n) is 7.94. The standard InChI is InChI=1S/C11H11N3/c1-8-3-2-4-11(14-8)9-7-13-6-5-10(9)12/h2-7H,1H3,(H2,12,13). The van der Waals surface area contributed by atoms with Crippen LogP contribution in [0.2, 0.25) is 0 Å². The average molecular weight is 185 g/mol. The first-order valence-electron chi connectivity index (χ1n) is 4.41. The summed E-state index contributed by atoms with van der Waals surface area (Å²) in [6.07, 6.45) is 3.41. The first kappa shape index (κ1) is 8.69. The van der Waals surface area contributed by atoms with E-state index >= 15 is 0 Å². The third-order valence-electron chi connectivity index (χ3n) is 2.02. The lowest BCUT2D eigenvalue weighted by Gasteiger charge is -2.03. The molecule has 0 radical (unpaired) electrons. The molecule has 2 aromatic heterocycles. The van der Waals surface area contributed by atoms with Crippen LogP contribution in [0, 0.1) is 6.92 Å². The van der Waals surface area contributed by atoms with Gasteiger partial charge in [-0.2, -0.15) is 0 Å². The van der Waals surface area contributed by atoms with Crippen molar-refractivity contribution in [1.82, 2.24) is 9.97 Å². The molecule has 0 aliphatic carbocycles. The van der Waals surface area contributed by atoms with Crippen LogP contribution in [0.1, 0.15) is 5.69 Å². The summed E-state index contributed by atoms with van der Waals surface area (Å²) in [5.74, 6) is 0. The topological polar surface area (TPSA) is 51.8 Å². The van der Waals surface area contributed by atoms with Crippen molar-refractivity contribution in [2.75, 3.05) is 5.73 Å². The van der Waals surface area contributed by atoms with Crippen LogP contribution in [-0.2, 0) is 0 Å². The molecule has 0 aliphatic rings.